The average Bonchev–Trinajstić information content (AvgIpc) is 2.40. The van der Waals surface area contributed by atoms with Crippen LogP contribution in [0.15, 0.2) is 47.6 Å². The van der Waals surface area contributed by atoms with Gasteiger partial charge in [-0.15, -0.1) is 0 Å². The number of carbonyl (C=O) groups is 1. The first kappa shape index (κ1) is 14.4. The van der Waals surface area contributed by atoms with E-state index < -0.39 is 5.97 Å². The van der Waals surface area contributed by atoms with Gasteiger partial charge in [0.05, 0.1) is 22.5 Å². The number of rotatable bonds is 4. The van der Waals surface area contributed by atoms with Crippen LogP contribution in [-0.2, 0) is 0 Å². The second-order valence-electron chi connectivity index (χ2n) is 3.92. The number of hydrogen-bond donors (Lipinski definition) is 2. The van der Waals surface area contributed by atoms with E-state index in [1.807, 2.05) is 12.1 Å². The fourth-order valence-corrected chi connectivity index (χ4v) is 1.87. The highest BCUT2D eigenvalue weighted by molar-refractivity contribution is 6.33. The minimum atomic E-state index is -1.02. The van der Waals surface area contributed by atoms with E-state index in [4.69, 9.17) is 28.3 Å². The van der Waals surface area contributed by atoms with Gasteiger partial charge in [-0.1, -0.05) is 35.3 Å². The lowest BCUT2D eigenvalue weighted by atomic mass is 10.2. The van der Waals surface area contributed by atoms with Gasteiger partial charge in [-0.25, -0.2) is 4.79 Å². The third kappa shape index (κ3) is 3.73. The monoisotopic (exact) mass is 308 g/mol. The highest BCUT2D eigenvalue weighted by atomic mass is 35.5. The lowest BCUT2D eigenvalue weighted by Gasteiger charge is -2.04. The van der Waals surface area contributed by atoms with Crippen molar-refractivity contribution in [3.05, 3.63) is 63.6 Å². The molecule has 0 atom stereocenters. The number of aromatic carboxylic acids is 1. The van der Waals surface area contributed by atoms with Crippen LogP contribution in [0.3, 0.4) is 0 Å². The summed E-state index contributed by atoms with van der Waals surface area (Å²) >= 11 is 11.8. The van der Waals surface area contributed by atoms with E-state index in [0.717, 1.165) is 5.56 Å². The van der Waals surface area contributed by atoms with Crippen molar-refractivity contribution in [2.24, 2.45) is 5.10 Å². The summed E-state index contributed by atoms with van der Waals surface area (Å²) in [6.45, 7) is 0. The van der Waals surface area contributed by atoms with Crippen LogP contribution in [0, 0.1) is 0 Å². The van der Waals surface area contributed by atoms with Crippen LogP contribution in [0.1, 0.15) is 15.9 Å². The second-order valence-corrected chi connectivity index (χ2v) is 4.77. The molecular formula is C14H10Cl2N2O2. The SMILES string of the molecule is O=C(O)c1ccc(Cl)c(N/N=C\c2cccc(Cl)c2)c1. The van der Waals surface area contributed by atoms with Gasteiger partial charge >= 0.3 is 5.97 Å². The molecule has 0 aromatic heterocycles. The lowest BCUT2D eigenvalue weighted by molar-refractivity contribution is 0.0697. The molecular weight excluding hydrogens is 299 g/mol. The number of nitrogens with zero attached hydrogens (tertiary/aromatic N) is 1. The standard InChI is InChI=1S/C14H10Cl2N2O2/c15-11-3-1-2-9(6-11)8-17-18-13-7-10(14(19)20)4-5-12(13)16/h1-8,18H,(H,19,20)/b17-8-. The molecule has 6 heteroatoms. The van der Waals surface area contributed by atoms with Gasteiger partial charge in [0.25, 0.3) is 0 Å². The molecule has 0 saturated heterocycles. The molecule has 0 aliphatic rings. The number of anilines is 1. The number of hydrogen-bond acceptors (Lipinski definition) is 3. The first-order valence-corrected chi connectivity index (χ1v) is 6.39. The zero-order chi connectivity index (χ0) is 14.5. The zero-order valence-corrected chi connectivity index (χ0v) is 11.7. The molecule has 0 bridgehead atoms. The average molecular weight is 309 g/mol. The molecule has 0 heterocycles. The number of carboxylic acids is 1. The van der Waals surface area contributed by atoms with Gasteiger partial charge in [0.1, 0.15) is 0 Å². The Hall–Kier alpha value is -2.04. The predicted octanol–water partition coefficient (Wildman–Crippen LogP) is 4.14. The van der Waals surface area contributed by atoms with Gasteiger partial charge in [0.15, 0.2) is 0 Å². The summed E-state index contributed by atoms with van der Waals surface area (Å²) in [6.07, 6.45) is 1.57. The maximum absolute atomic E-state index is 10.9. The molecule has 4 nitrogen and oxygen atoms in total. The van der Waals surface area contributed by atoms with Crippen LogP contribution >= 0.6 is 23.2 Å². The van der Waals surface area contributed by atoms with Crippen LogP contribution in [-0.4, -0.2) is 17.3 Å². The fourth-order valence-electron chi connectivity index (χ4n) is 1.51. The Bertz CT molecular complexity index is 672. The molecule has 2 aromatic rings. The van der Waals surface area contributed by atoms with Crippen molar-refractivity contribution in [1.82, 2.24) is 0 Å². The first-order valence-electron chi connectivity index (χ1n) is 5.64. The Morgan fingerprint density at radius 2 is 2.00 bits per heavy atom. The molecule has 102 valence electrons. The van der Waals surface area contributed by atoms with E-state index in [-0.39, 0.29) is 5.56 Å². The fraction of sp³-hybridized carbons (Fsp3) is 0. The maximum Gasteiger partial charge on any atom is 0.335 e. The lowest BCUT2D eigenvalue weighted by Crippen LogP contribution is -1.98. The highest BCUT2D eigenvalue weighted by Crippen LogP contribution is 2.23. The summed E-state index contributed by atoms with van der Waals surface area (Å²) in [6, 6.07) is 11.5. The van der Waals surface area contributed by atoms with Gasteiger partial charge in [-0.05, 0) is 35.9 Å². The molecule has 0 aliphatic carbocycles. The summed E-state index contributed by atoms with van der Waals surface area (Å²) in [7, 11) is 0. The van der Waals surface area contributed by atoms with Gasteiger partial charge in [-0.2, -0.15) is 5.10 Å². The van der Waals surface area contributed by atoms with Crippen LogP contribution in [0.25, 0.3) is 0 Å². The summed E-state index contributed by atoms with van der Waals surface area (Å²) in [5.74, 6) is -1.02. The summed E-state index contributed by atoms with van der Waals surface area (Å²) in [5, 5.41) is 13.9. The Balaban J connectivity index is 2.14. The predicted molar refractivity (Wildman–Crippen MR) is 81.1 cm³/mol. The van der Waals surface area contributed by atoms with Crippen LogP contribution < -0.4 is 5.43 Å². The van der Waals surface area contributed by atoms with Crippen molar-refractivity contribution >= 4 is 41.1 Å². The van der Waals surface area contributed by atoms with Crippen molar-refractivity contribution in [3.8, 4) is 0 Å². The number of benzene rings is 2. The third-order valence-electron chi connectivity index (χ3n) is 2.46. The van der Waals surface area contributed by atoms with Crippen LogP contribution in [0.2, 0.25) is 10.0 Å². The molecule has 0 fully saturated rings. The topological polar surface area (TPSA) is 61.7 Å². The third-order valence-corrected chi connectivity index (χ3v) is 3.03. The molecule has 0 radical (unpaired) electrons. The van der Waals surface area contributed by atoms with Crippen LogP contribution in [0.5, 0.6) is 0 Å². The molecule has 0 spiro atoms. The van der Waals surface area contributed by atoms with Gasteiger partial charge in [0.2, 0.25) is 0 Å². The molecule has 20 heavy (non-hydrogen) atoms. The van der Waals surface area contributed by atoms with Crippen molar-refractivity contribution < 1.29 is 9.90 Å². The molecule has 0 unspecified atom stereocenters. The van der Waals surface area contributed by atoms with E-state index >= 15 is 0 Å². The van der Waals surface area contributed by atoms with E-state index in [9.17, 15) is 4.79 Å². The van der Waals surface area contributed by atoms with E-state index in [0.29, 0.717) is 15.7 Å². The minimum absolute atomic E-state index is 0.134. The maximum atomic E-state index is 10.9. The molecule has 2 N–H and O–H groups in total. The van der Waals surface area contributed by atoms with E-state index in [1.54, 1.807) is 18.3 Å². The minimum Gasteiger partial charge on any atom is -0.478 e. The molecule has 0 amide bonds. The number of halogens is 2. The Morgan fingerprint density at radius 1 is 1.20 bits per heavy atom. The summed E-state index contributed by atoms with van der Waals surface area (Å²) in [4.78, 5) is 10.9. The van der Waals surface area contributed by atoms with E-state index in [1.165, 1.54) is 18.2 Å². The largest absolute Gasteiger partial charge is 0.478 e. The Kier molecular flexibility index (Phi) is 4.61. The van der Waals surface area contributed by atoms with Crippen LogP contribution in [0.4, 0.5) is 5.69 Å². The van der Waals surface area contributed by atoms with Crippen molar-refractivity contribution in [1.29, 1.82) is 0 Å². The van der Waals surface area contributed by atoms with Gasteiger partial charge in [0, 0.05) is 5.02 Å². The number of hydrazone groups is 1. The quantitative estimate of drug-likeness (QED) is 0.659. The van der Waals surface area contributed by atoms with Gasteiger partial charge < -0.3 is 5.11 Å². The summed E-state index contributed by atoms with van der Waals surface area (Å²) < 4.78 is 0. The van der Waals surface area contributed by atoms with Crippen molar-refractivity contribution in [2.45, 2.75) is 0 Å². The zero-order valence-electron chi connectivity index (χ0n) is 10.2. The van der Waals surface area contributed by atoms with Crippen molar-refractivity contribution in [2.75, 3.05) is 5.43 Å². The number of nitrogens with one attached hydrogen (secondary N) is 1. The smallest absolute Gasteiger partial charge is 0.335 e. The molecule has 0 saturated carbocycles. The molecule has 2 aromatic carbocycles. The normalized spacial score (nSPS) is 10.7. The highest BCUT2D eigenvalue weighted by Gasteiger charge is 2.06. The Labute approximate surface area is 125 Å². The second kappa shape index (κ2) is 6.41. The first-order chi connectivity index (χ1) is 9.56. The van der Waals surface area contributed by atoms with Gasteiger partial charge in [-0.3, -0.25) is 5.43 Å². The molecule has 2 rings (SSSR count). The molecule has 0 aliphatic heterocycles. The Morgan fingerprint density at radius 3 is 2.70 bits per heavy atom. The number of carboxylic acid groups (broad SMARTS) is 1. The van der Waals surface area contributed by atoms with Crippen molar-refractivity contribution in [3.63, 3.8) is 0 Å². The summed E-state index contributed by atoms with van der Waals surface area (Å²) in [5.41, 5.74) is 4.08. The van der Waals surface area contributed by atoms with E-state index in [2.05, 4.69) is 10.5 Å².